The van der Waals surface area contributed by atoms with Crippen molar-refractivity contribution in [3.63, 3.8) is 0 Å². The largest absolute Gasteiger partial charge is 0.412 e. The van der Waals surface area contributed by atoms with E-state index in [0.717, 1.165) is 19.6 Å². The van der Waals surface area contributed by atoms with Crippen molar-refractivity contribution in [1.82, 2.24) is 10.2 Å². The van der Waals surface area contributed by atoms with E-state index >= 15 is 0 Å². The molecule has 1 spiro atoms. The fourth-order valence-electron chi connectivity index (χ4n) is 5.83. The molecule has 0 aromatic heterocycles. The van der Waals surface area contributed by atoms with Crippen LogP contribution in [-0.2, 0) is 18.3 Å². The fourth-order valence-corrected chi connectivity index (χ4v) is 11.6. The van der Waals surface area contributed by atoms with Crippen molar-refractivity contribution >= 4 is 16.6 Å². The molecule has 1 saturated carbocycles. The molecule has 1 heterocycles. The maximum atomic E-state index is 7.14. The van der Waals surface area contributed by atoms with Gasteiger partial charge in [-0.3, -0.25) is 4.90 Å². The van der Waals surface area contributed by atoms with Gasteiger partial charge in [-0.25, -0.2) is 0 Å². The molecule has 34 heavy (non-hydrogen) atoms. The Kier molecular flexibility index (Phi) is 12.7. The van der Waals surface area contributed by atoms with Gasteiger partial charge in [0.2, 0.25) is 0 Å². The molecule has 0 bridgehead atoms. The van der Waals surface area contributed by atoms with Gasteiger partial charge >= 0.3 is 0 Å². The van der Waals surface area contributed by atoms with Gasteiger partial charge in [0.1, 0.15) is 0 Å². The highest BCUT2D eigenvalue weighted by Gasteiger charge is 2.54. The number of nitrogens with one attached hydrogen (secondary N) is 1. The van der Waals surface area contributed by atoms with Crippen LogP contribution < -0.4 is 5.32 Å². The Hall–Kier alpha value is 0.194. The molecular formula is C26H56N2O4Si2. The van der Waals surface area contributed by atoms with Crippen LogP contribution >= 0.6 is 0 Å². The third kappa shape index (κ3) is 7.84. The number of hydrogen-bond acceptors (Lipinski definition) is 6. The summed E-state index contributed by atoms with van der Waals surface area (Å²) in [6, 6.07) is 7.26. The lowest BCUT2D eigenvalue weighted by Crippen LogP contribution is -2.55. The number of methoxy groups -OCH3 is 2. The van der Waals surface area contributed by atoms with E-state index in [9.17, 15) is 0 Å². The van der Waals surface area contributed by atoms with Crippen molar-refractivity contribution in [3.8, 4) is 0 Å². The highest BCUT2D eigenvalue weighted by molar-refractivity contribution is 6.74. The summed E-state index contributed by atoms with van der Waals surface area (Å²) in [5.74, 6) is 0. The van der Waals surface area contributed by atoms with Crippen LogP contribution in [0.5, 0.6) is 0 Å². The van der Waals surface area contributed by atoms with Crippen molar-refractivity contribution in [1.29, 1.82) is 0 Å². The molecule has 0 aromatic rings. The average Bonchev–Trinajstić information content (AvgIpc) is 3.66. The zero-order chi connectivity index (χ0) is 25.2. The summed E-state index contributed by atoms with van der Waals surface area (Å²) >= 11 is 0. The lowest BCUT2D eigenvalue weighted by molar-refractivity contribution is -0.0995. The zero-order valence-corrected chi connectivity index (χ0v) is 25.7. The van der Waals surface area contributed by atoms with Crippen molar-refractivity contribution in [2.75, 3.05) is 46.9 Å². The summed E-state index contributed by atoms with van der Waals surface area (Å²) in [7, 11) is 0.0776. The molecule has 2 fully saturated rings. The maximum absolute atomic E-state index is 7.14. The normalized spacial score (nSPS) is 22.0. The smallest absolute Gasteiger partial charge is 0.192 e. The van der Waals surface area contributed by atoms with Crippen LogP contribution in [0, 0.1) is 5.41 Å². The molecule has 0 unspecified atom stereocenters. The molecule has 0 aromatic carbocycles. The first-order valence-electron chi connectivity index (χ1n) is 14.2. The SMILES string of the molecule is CC[Si](CC)(CC)O[C@H](CNCC(OC)OC)CN1CCC2(CC2)[C@H](O[Si](CC)(CC)CC)C1. The van der Waals surface area contributed by atoms with Crippen LogP contribution in [-0.4, -0.2) is 87.0 Å². The van der Waals surface area contributed by atoms with Crippen molar-refractivity contribution in [3.05, 3.63) is 0 Å². The third-order valence-corrected chi connectivity index (χ3v) is 18.6. The molecule has 1 aliphatic carbocycles. The standard InChI is InChI=1S/C26H56N2O4Si2/c1-9-33(10-2,11-3)31-23(19-27-20-25(29-7)30-8)21-28-18-17-26(15-16-26)24(22-28)32-34(12-4,13-5)14-6/h23-25,27H,9-22H2,1-8H3/t23-,24-/m1/s1. The number of piperidine rings is 1. The van der Waals surface area contributed by atoms with Crippen LogP contribution in [0.1, 0.15) is 60.8 Å². The van der Waals surface area contributed by atoms with Crippen LogP contribution in [0.25, 0.3) is 0 Å². The van der Waals surface area contributed by atoms with Gasteiger partial charge in [0.15, 0.2) is 22.9 Å². The van der Waals surface area contributed by atoms with E-state index in [1.807, 2.05) is 0 Å². The lowest BCUT2D eigenvalue weighted by Gasteiger charge is -2.45. The van der Waals surface area contributed by atoms with Crippen LogP contribution in [0.15, 0.2) is 0 Å². The highest BCUT2D eigenvalue weighted by Crippen LogP contribution is 2.55. The first kappa shape index (κ1) is 30.4. The van der Waals surface area contributed by atoms with E-state index in [1.54, 1.807) is 14.2 Å². The van der Waals surface area contributed by atoms with Crippen LogP contribution in [0.3, 0.4) is 0 Å². The predicted octanol–water partition coefficient (Wildman–Crippen LogP) is 5.46. The van der Waals surface area contributed by atoms with Gasteiger partial charge in [0, 0.05) is 40.4 Å². The predicted molar refractivity (Wildman–Crippen MR) is 148 cm³/mol. The molecule has 2 aliphatic rings. The zero-order valence-electron chi connectivity index (χ0n) is 23.7. The van der Waals surface area contributed by atoms with Gasteiger partial charge in [-0.1, -0.05) is 41.5 Å². The molecule has 2 rings (SSSR count). The summed E-state index contributed by atoms with van der Waals surface area (Å²) in [5.41, 5.74) is 0.474. The minimum absolute atomic E-state index is 0.195. The monoisotopic (exact) mass is 516 g/mol. The van der Waals surface area contributed by atoms with Gasteiger partial charge in [-0.2, -0.15) is 0 Å². The molecule has 8 heteroatoms. The molecule has 6 nitrogen and oxygen atoms in total. The highest BCUT2D eigenvalue weighted by atomic mass is 28.4. The second kappa shape index (κ2) is 14.2. The minimum atomic E-state index is -1.70. The van der Waals surface area contributed by atoms with E-state index in [-0.39, 0.29) is 12.4 Å². The average molecular weight is 517 g/mol. The first-order valence-corrected chi connectivity index (χ1v) is 19.2. The number of likely N-dealkylation sites (tertiary alicyclic amines) is 1. The minimum Gasteiger partial charge on any atom is -0.412 e. The van der Waals surface area contributed by atoms with Gasteiger partial charge in [-0.05, 0) is 67.5 Å². The molecule has 202 valence electrons. The molecule has 0 radical (unpaired) electrons. The second-order valence-corrected chi connectivity index (χ2v) is 20.2. The second-order valence-electron chi connectivity index (χ2n) is 10.8. The van der Waals surface area contributed by atoms with Crippen molar-refractivity contribution < 1.29 is 18.3 Å². The Balaban J connectivity index is 2.09. The lowest BCUT2D eigenvalue weighted by atomic mass is 9.90. The number of nitrogens with zero attached hydrogens (tertiary/aromatic N) is 1. The van der Waals surface area contributed by atoms with Gasteiger partial charge < -0.3 is 23.6 Å². The van der Waals surface area contributed by atoms with Crippen molar-refractivity contribution in [2.24, 2.45) is 5.41 Å². The van der Waals surface area contributed by atoms with Gasteiger partial charge in [-0.15, -0.1) is 0 Å². The summed E-state index contributed by atoms with van der Waals surface area (Å²) in [6.45, 7) is 18.8. The number of rotatable bonds is 18. The van der Waals surface area contributed by atoms with Gasteiger partial charge in [0.05, 0.1) is 12.2 Å². The summed E-state index contributed by atoms with van der Waals surface area (Å²) in [4.78, 5) is 2.66. The summed E-state index contributed by atoms with van der Waals surface area (Å²) in [6.07, 6.45) is 4.40. The molecule has 1 N–H and O–H groups in total. The van der Waals surface area contributed by atoms with Crippen molar-refractivity contribution in [2.45, 2.75) is 116 Å². The fraction of sp³-hybridized carbons (Fsp3) is 1.00. The Morgan fingerprint density at radius 3 is 1.85 bits per heavy atom. The van der Waals surface area contributed by atoms with Crippen LogP contribution in [0.4, 0.5) is 0 Å². The topological polar surface area (TPSA) is 52.2 Å². The Morgan fingerprint density at radius 1 is 0.824 bits per heavy atom. The molecular weight excluding hydrogens is 460 g/mol. The maximum Gasteiger partial charge on any atom is 0.192 e. The number of hydrogen-bond donors (Lipinski definition) is 1. The van der Waals surface area contributed by atoms with E-state index in [1.165, 1.54) is 62.1 Å². The summed E-state index contributed by atoms with van der Waals surface area (Å²) < 4.78 is 24.9. The first-order chi connectivity index (χ1) is 16.3. The molecule has 2 atom stereocenters. The van der Waals surface area contributed by atoms with Crippen LogP contribution in [0.2, 0.25) is 36.3 Å². The molecule has 1 saturated heterocycles. The number of ether oxygens (including phenoxy) is 2. The van der Waals surface area contributed by atoms with Gasteiger partial charge in [0.25, 0.3) is 0 Å². The Labute approximate surface area is 213 Å². The third-order valence-electron chi connectivity index (χ3n) is 9.27. The molecule has 1 aliphatic heterocycles. The summed E-state index contributed by atoms with van der Waals surface area (Å²) in [5, 5.41) is 3.57. The Morgan fingerprint density at radius 2 is 1.38 bits per heavy atom. The van der Waals surface area contributed by atoms with E-state index in [0.29, 0.717) is 18.1 Å². The van der Waals surface area contributed by atoms with E-state index < -0.39 is 16.6 Å². The van der Waals surface area contributed by atoms with E-state index in [4.69, 9.17) is 18.3 Å². The Bertz CT molecular complexity index is 550. The molecule has 0 amide bonds. The quantitative estimate of drug-likeness (QED) is 0.193. The van der Waals surface area contributed by atoms with E-state index in [2.05, 4.69) is 51.8 Å².